The molecule has 0 N–H and O–H groups in total. The molecular weight excluding hydrogens is 292 g/mol. The molecule has 1 fully saturated rings. The predicted octanol–water partition coefficient (Wildman–Crippen LogP) is 1.77. The molecule has 5 nitrogen and oxygen atoms in total. The molecule has 128 valence electrons. The van der Waals surface area contributed by atoms with Gasteiger partial charge in [-0.15, -0.1) is 0 Å². The molecule has 0 aromatic heterocycles. The van der Waals surface area contributed by atoms with Gasteiger partial charge < -0.3 is 14.4 Å². The Bertz CT molecular complexity index is 461. The van der Waals surface area contributed by atoms with Crippen LogP contribution in [0.15, 0.2) is 30.3 Å². The maximum absolute atomic E-state index is 12.6. The summed E-state index contributed by atoms with van der Waals surface area (Å²) in [6, 6.07) is 10.3. The molecule has 1 aromatic carbocycles. The SMILES string of the molecule is COCCC(=O)N(Cc1ccccc1)C(C)CN1CCOCC1. The van der Waals surface area contributed by atoms with Crippen molar-refractivity contribution in [2.75, 3.05) is 46.6 Å². The second-order valence-electron chi connectivity index (χ2n) is 6.01. The molecule has 1 saturated heterocycles. The van der Waals surface area contributed by atoms with Crippen LogP contribution in [-0.4, -0.2) is 68.3 Å². The molecule has 0 spiro atoms. The number of benzene rings is 1. The van der Waals surface area contributed by atoms with Crippen molar-refractivity contribution in [1.82, 2.24) is 9.80 Å². The summed E-state index contributed by atoms with van der Waals surface area (Å²) in [6.45, 7) is 7.57. The summed E-state index contributed by atoms with van der Waals surface area (Å²) in [5.41, 5.74) is 1.16. The molecule has 1 aliphatic rings. The molecule has 5 heteroatoms. The first-order chi connectivity index (χ1) is 11.2. The van der Waals surface area contributed by atoms with Crippen molar-refractivity contribution in [2.24, 2.45) is 0 Å². The fourth-order valence-electron chi connectivity index (χ4n) is 2.86. The Labute approximate surface area is 139 Å². The number of morpholine rings is 1. The van der Waals surface area contributed by atoms with E-state index in [1.54, 1.807) is 7.11 Å². The van der Waals surface area contributed by atoms with E-state index in [1.165, 1.54) is 0 Å². The van der Waals surface area contributed by atoms with Gasteiger partial charge in [-0.05, 0) is 12.5 Å². The molecule has 1 heterocycles. The molecule has 1 amide bonds. The number of carbonyl (C=O) groups is 1. The van der Waals surface area contributed by atoms with Crippen LogP contribution in [0.3, 0.4) is 0 Å². The lowest BCUT2D eigenvalue weighted by Gasteiger charge is -2.35. The molecule has 23 heavy (non-hydrogen) atoms. The Balaban J connectivity index is 2.00. The van der Waals surface area contributed by atoms with Gasteiger partial charge in [-0.3, -0.25) is 9.69 Å². The fourth-order valence-corrected chi connectivity index (χ4v) is 2.86. The lowest BCUT2D eigenvalue weighted by atomic mass is 10.1. The summed E-state index contributed by atoms with van der Waals surface area (Å²) >= 11 is 0. The molecule has 1 aliphatic heterocycles. The number of rotatable bonds is 8. The van der Waals surface area contributed by atoms with E-state index in [0.717, 1.165) is 38.4 Å². The van der Waals surface area contributed by atoms with Gasteiger partial charge in [0.25, 0.3) is 0 Å². The highest BCUT2D eigenvalue weighted by Gasteiger charge is 2.23. The van der Waals surface area contributed by atoms with Crippen molar-refractivity contribution in [1.29, 1.82) is 0 Å². The van der Waals surface area contributed by atoms with Crippen LogP contribution in [0, 0.1) is 0 Å². The predicted molar refractivity (Wildman–Crippen MR) is 90.2 cm³/mol. The second-order valence-corrected chi connectivity index (χ2v) is 6.01. The Morgan fingerprint density at radius 2 is 2.00 bits per heavy atom. The van der Waals surface area contributed by atoms with E-state index >= 15 is 0 Å². The van der Waals surface area contributed by atoms with E-state index in [4.69, 9.17) is 9.47 Å². The first-order valence-electron chi connectivity index (χ1n) is 8.33. The summed E-state index contributed by atoms with van der Waals surface area (Å²) < 4.78 is 10.5. The zero-order valence-electron chi connectivity index (χ0n) is 14.2. The number of hydrogen-bond donors (Lipinski definition) is 0. The molecule has 0 radical (unpaired) electrons. The van der Waals surface area contributed by atoms with Gasteiger partial charge in [0.15, 0.2) is 0 Å². The minimum absolute atomic E-state index is 0.150. The maximum atomic E-state index is 12.6. The van der Waals surface area contributed by atoms with E-state index in [0.29, 0.717) is 19.6 Å². The van der Waals surface area contributed by atoms with Gasteiger partial charge in [-0.1, -0.05) is 30.3 Å². The third-order valence-corrected chi connectivity index (χ3v) is 4.19. The van der Waals surface area contributed by atoms with E-state index in [9.17, 15) is 4.79 Å². The summed E-state index contributed by atoms with van der Waals surface area (Å²) in [5, 5.41) is 0. The van der Waals surface area contributed by atoms with Gasteiger partial charge in [-0.2, -0.15) is 0 Å². The van der Waals surface area contributed by atoms with Gasteiger partial charge in [0, 0.05) is 39.3 Å². The van der Waals surface area contributed by atoms with Crippen molar-refractivity contribution in [3.8, 4) is 0 Å². The number of carbonyl (C=O) groups excluding carboxylic acids is 1. The molecule has 1 atom stereocenters. The normalized spacial score (nSPS) is 17.0. The topological polar surface area (TPSA) is 42.0 Å². The van der Waals surface area contributed by atoms with Crippen LogP contribution in [0.5, 0.6) is 0 Å². The number of amides is 1. The third-order valence-electron chi connectivity index (χ3n) is 4.19. The first-order valence-corrected chi connectivity index (χ1v) is 8.33. The zero-order chi connectivity index (χ0) is 16.5. The van der Waals surface area contributed by atoms with Gasteiger partial charge in [0.2, 0.25) is 5.91 Å². The summed E-state index contributed by atoms with van der Waals surface area (Å²) in [6.07, 6.45) is 0.427. The average molecular weight is 320 g/mol. The van der Waals surface area contributed by atoms with Gasteiger partial charge in [0.1, 0.15) is 0 Å². The monoisotopic (exact) mass is 320 g/mol. The summed E-state index contributed by atoms with van der Waals surface area (Å²) in [5.74, 6) is 0.150. The highest BCUT2D eigenvalue weighted by molar-refractivity contribution is 5.76. The van der Waals surface area contributed by atoms with Crippen LogP contribution in [0.1, 0.15) is 18.9 Å². The number of nitrogens with zero attached hydrogens (tertiary/aromatic N) is 2. The first kappa shape index (κ1) is 17.9. The van der Waals surface area contributed by atoms with Crippen LogP contribution < -0.4 is 0 Å². The summed E-state index contributed by atoms with van der Waals surface area (Å²) in [4.78, 5) is 16.9. The highest BCUT2D eigenvalue weighted by atomic mass is 16.5. The molecule has 0 bridgehead atoms. The molecule has 2 rings (SSSR count). The second kappa shape index (κ2) is 9.65. The third kappa shape index (κ3) is 5.94. The van der Waals surface area contributed by atoms with Gasteiger partial charge in [-0.25, -0.2) is 0 Å². The van der Waals surface area contributed by atoms with Crippen molar-refractivity contribution in [3.63, 3.8) is 0 Å². The van der Waals surface area contributed by atoms with E-state index in [2.05, 4.69) is 24.0 Å². The zero-order valence-corrected chi connectivity index (χ0v) is 14.2. The molecule has 1 unspecified atom stereocenters. The van der Waals surface area contributed by atoms with Crippen LogP contribution in [0.2, 0.25) is 0 Å². The molecule has 1 aromatic rings. The maximum Gasteiger partial charge on any atom is 0.225 e. The minimum atomic E-state index is 0.150. The standard InChI is InChI=1S/C18H28N2O3/c1-16(14-19-9-12-23-13-10-19)20(18(21)8-11-22-2)15-17-6-4-3-5-7-17/h3-7,16H,8-15H2,1-2H3. The molecular formula is C18H28N2O3. The van der Waals surface area contributed by atoms with Crippen molar-refractivity contribution >= 4 is 5.91 Å². The van der Waals surface area contributed by atoms with Crippen LogP contribution in [0.25, 0.3) is 0 Å². The highest BCUT2D eigenvalue weighted by Crippen LogP contribution is 2.12. The van der Waals surface area contributed by atoms with Crippen molar-refractivity contribution in [2.45, 2.75) is 25.9 Å². The van der Waals surface area contributed by atoms with E-state index < -0.39 is 0 Å². The van der Waals surface area contributed by atoms with Gasteiger partial charge in [0.05, 0.1) is 26.2 Å². The lowest BCUT2D eigenvalue weighted by Crippen LogP contribution is -2.48. The smallest absolute Gasteiger partial charge is 0.225 e. The minimum Gasteiger partial charge on any atom is -0.384 e. The van der Waals surface area contributed by atoms with E-state index in [1.807, 2.05) is 23.1 Å². The largest absolute Gasteiger partial charge is 0.384 e. The van der Waals surface area contributed by atoms with Crippen molar-refractivity contribution in [3.05, 3.63) is 35.9 Å². The van der Waals surface area contributed by atoms with Crippen LogP contribution >= 0.6 is 0 Å². The molecule has 0 saturated carbocycles. The quantitative estimate of drug-likeness (QED) is 0.732. The Morgan fingerprint density at radius 3 is 2.65 bits per heavy atom. The number of methoxy groups -OCH3 is 1. The van der Waals surface area contributed by atoms with E-state index in [-0.39, 0.29) is 11.9 Å². The summed E-state index contributed by atoms with van der Waals surface area (Å²) in [7, 11) is 1.63. The average Bonchev–Trinajstić information content (AvgIpc) is 2.59. The fraction of sp³-hybridized carbons (Fsp3) is 0.611. The lowest BCUT2D eigenvalue weighted by molar-refractivity contribution is -0.135. The Hall–Kier alpha value is -1.43. The van der Waals surface area contributed by atoms with Crippen molar-refractivity contribution < 1.29 is 14.3 Å². The Kier molecular flexibility index (Phi) is 7.52. The molecule has 0 aliphatic carbocycles. The van der Waals surface area contributed by atoms with Gasteiger partial charge >= 0.3 is 0 Å². The van der Waals surface area contributed by atoms with Crippen LogP contribution in [0.4, 0.5) is 0 Å². The number of ether oxygens (including phenoxy) is 2. The van der Waals surface area contributed by atoms with Crippen LogP contribution in [-0.2, 0) is 20.8 Å². The number of hydrogen-bond acceptors (Lipinski definition) is 4. The Morgan fingerprint density at radius 1 is 1.30 bits per heavy atom.